The van der Waals surface area contributed by atoms with Gasteiger partial charge in [0.1, 0.15) is 0 Å². The number of hydrazine groups is 1. The normalized spacial score (nSPS) is 17.3. The quantitative estimate of drug-likeness (QED) is 0.727. The molecular weight excluding hydrogens is 334 g/mol. The highest BCUT2D eigenvalue weighted by atomic mass is 16.6. The summed E-state index contributed by atoms with van der Waals surface area (Å²) in [5, 5.41) is 2.51. The van der Waals surface area contributed by atoms with Crippen molar-refractivity contribution in [3.63, 3.8) is 0 Å². The first-order valence-electron chi connectivity index (χ1n) is 9.05. The van der Waals surface area contributed by atoms with E-state index in [0.29, 0.717) is 25.8 Å². The molecule has 1 aliphatic heterocycles. The van der Waals surface area contributed by atoms with E-state index < -0.39 is 29.2 Å². The number of carbonyl (C=O) groups is 3. The number of hydrogen-bond donors (Lipinski definition) is 0. The zero-order valence-corrected chi connectivity index (χ0v) is 15.9. The summed E-state index contributed by atoms with van der Waals surface area (Å²) < 4.78 is 5.20. The van der Waals surface area contributed by atoms with Crippen LogP contribution in [0.25, 0.3) is 0 Å². The average Bonchev–Trinajstić information content (AvgIpc) is 3.10. The Morgan fingerprint density at radius 3 is 2.62 bits per heavy atom. The highest BCUT2D eigenvalue weighted by molar-refractivity contribution is 6.38. The Labute approximate surface area is 154 Å². The number of hydrogen-bond acceptors (Lipinski definition) is 5. The first kappa shape index (κ1) is 19.9. The van der Waals surface area contributed by atoms with Crippen molar-refractivity contribution in [2.24, 2.45) is 5.41 Å². The van der Waals surface area contributed by atoms with Crippen molar-refractivity contribution in [2.45, 2.75) is 53.0 Å². The van der Waals surface area contributed by atoms with Crippen LogP contribution in [0.2, 0.25) is 0 Å². The Morgan fingerprint density at radius 1 is 1.31 bits per heavy atom. The molecule has 2 heterocycles. The molecule has 1 saturated heterocycles. The molecule has 1 aliphatic rings. The van der Waals surface area contributed by atoms with Crippen molar-refractivity contribution in [1.82, 2.24) is 15.0 Å². The zero-order chi connectivity index (χ0) is 19.3. The van der Waals surface area contributed by atoms with Gasteiger partial charge in [-0.25, -0.2) is 14.8 Å². The Morgan fingerprint density at radius 2 is 2.04 bits per heavy atom. The summed E-state index contributed by atoms with van der Waals surface area (Å²) in [5.74, 6) is -1.19. The largest absolute Gasteiger partial charge is 0.448 e. The van der Waals surface area contributed by atoms with Gasteiger partial charge in [-0.2, -0.15) is 0 Å². The molecule has 0 aromatic carbocycles. The third-order valence-electron chi connectivity index (χ3n) is 4.78. The maximum absolute atomic E-state index is 13.0. The third-order valence-corrected chi connectivity index (χ3v) is 4.78. The molecule has 2 amide bonds. The predicted octanol–water partition coefficient (Wildman–Crippen LogP) is 3.12. The smallest absolute Gasteiger partial charge is 0.428 e. The van der Waals surface area contributed by atoms with E-state index >= 15 is 0 Å². The number of aromatic nitrogens is 1. The summed E-state index contributed by atoms with van der Waals surface area (Å²) in [5.41, 5.74) is -0.00762. The van der Waals surface area contributed by atoms with Crippen LogP contribution in [0, 0.1) is 5.41 Å². The molecule has 1 unspecified atom stereocenters. The predicted molar refractivity (Wildman–Crippen MR) is 95.9 cm³/mol. The fourth-order valence-corrected chi connectivity index (χ4v) is 2.77. The van der Waals surface area contributed by atoms with Crippen LogP contribution in [-0.4, -0.2) is 45.9 Å². The van der Waals surface area contributed by atoms with Crippen LogP contribution < -0.4 is 0 Å². The summed E-state index contributed by atoms with van der Waals surface area (Å²) in [6, 6.07) is 3.20. The van der Waals surface area contributed by atoms with E-state index in [0.717, 1.165) is 5.56 Å². The number of pyridine rings is 1. The van der Waals surface area contributed by atoms with E-state index in [1.54, 1.807) is 32.3 Å². The van der Waals surface area contributed by atoms with Crippen molar-refractivity contribution in [3.8, 4) is 0 Å². The van der Waals surface area contributed by atoms with Gasteiger partial charge in [0.2, 0.25) is 5.78 Å². The van der Waals surface area contributed by atoms with Gasteiger partial charge in [0, 0.05) is 24.4 Å². The van der Waals surface area contributed by atoms with Crippen LogP contribution in [0.5, 0.6) is 0 Å². The molecule has 0 spiro atoms. The lowest BCUT2D eigenvalue weighted by molar-refractivity contribution is -0.158. The van der Waals surface area contributed by atoms with E-state index in [1.807, 2.05) is 19.9 Å². The third kappa shape index (κ3) is 4.03. The molecule has 26 heavy (non-hydrogen) atoms. The van der Waals surface area contributed by atoms with Gasteiger partial charge < -0.3 is 4.74 Å². The second-order valence-corrected chi connectivity index (χ2v) is 7.04. The van der Waals surface area contributed by atoms with Crippen LogP contribution in [0.4, 0.5) is 4.79 Å². The number of nitrogens with zero attached hydrogens (tertiary/aromatic N) is 3. The number of Topliss-reactive ketones (excluding diaryl/α,β-unsaturated/α-hetero) is 1. The molecule has 142 valence electrons. The van der Waals surface area contributed by atoms with E-state index in [9.17, 15) is 14.4 Å². The van der Waals surface area contributed by atoms with Crippen LogP contribution in [0.1, 0.15) is 58.6 Å². The molecule has 1 aromatic rings. The van der Waals surface area contributed by atoms with Gasteiger partial charge >= 0.3 is 12.0 Å². The molecule has 7 heteroatoms. The molecule has 0 bridgehead atoms. The molecule has 0 N–H and O–H groups in total. The van der Waals surface area contributed by atoms with Crippen molar-refractivity contribution < 1.29 is 19.1 Å². The van der Waals surface area contributed by atoms with E-state index in [1.165, 1.54) is 10.0 Å². The number of carbonyl (C=O) groups excluding carboxylic acids is 3. The number of ketones is 1. The minimum absolute atomic E-state index is 0.267. The summed E-state index contributed by atoms with van der Waals surface area (Å²) in [7, 11) is 0. The first-order valence-corrected chi connectivity index (χ1v) is 9.05. The van der Waals surface area contributed by atoms with Crippen LogP contribution in [-0.2, 0) is 14.3 Å². The summed E-state index contributed by atoms with van der Waals surface area (Å²) in [6.45, 7) is 7.81. The number of rotatable bonds is 6. The molecule has 2 rings (SSSR count). The second-order valence-electron chi connectivity index (χ2n) is 7.04. The molecule has 0 radical (unpaired) electrons. The summed E-state index contributed by atoms with van der Waals surface area (Å²) in [6.07, 6.45) is 4.43. The van der Waals surface area contributed by atoms with Crippen molar-refractivity contribution in [2.75, 3.05) is 13.2 Å². The van der Waals surface area contributed by atoms with Gasteiger partial charge in [0.05, 0.1) is 12.6 Å². The minimum atomic E-state index is -0.793. The average molecular weight is 361 g/mol. The molecule has 7 nitrogen and oxygen atoms in total. The number of amides is 2. The SMILES string of the molecule is CCCOC(=O)N1CCC(c2cccnc2)N1C(=O)C(=O)C(C)(C)CC. The van der Waals surface area contributed by atoms with Crippen LogP contribution >= 0.6 is 0 Å². The maximum atomic E-state index is 13.0. The Hall–Kier alpha value is -2.44. The van der Waals surface area contributed by atoms with Gasteiger partial charge in [-0.3, -0.25) is 14.6 Å². The monoisotopic (exact) mass is 361 g/mol. The Kier molecular flexibility index (Phi) is 6.34. The fraction of sp³-hybridized carbons (Fsp3) is 0.579. The molecular formula is C19H27N3O4. The fourth-order valence-electron chi connectivity index (χ4n) is 2.77. The Balaban J connectivity index is 2.34. The van der Waals surface area contributed by atoms with Gasteiger partial charge in [-0.05, 0) is 30.9 Å². The standard InChI is InChI=1S/C19H27N3O4/c1-5-12-26-18(25)21-11-9-15(14-8-7-10-20-13-14)22(21)17(24)16(23)19(3,4)6-2/h7-8,10,13,15H,5-6,9,11-12H2,1-4H3. The summed E-state index contributed by atoms with van der Waals surface area (Å²) >= 11 is 0. The van der Waals surface area contributed by atoms with Crippen molar-refractivity contribution >= 4 is 17.8 Å². The molecule has 1 fully saturated rings. The molecule has 0 saturated carbocycles. The lowest BCUT2D eigenvalue weighted by Crippen LogP contribution is -2.51. The van der Waals surface area contributed by atoms with Crippen molar-refractivity contribution in [3.05, 3.63) is 30.1 Å². The lowest BCUT2D eigenvalue weighted by atomic mass is 9.84. The van der Waals surface area contributed by atoms with E-state index in [4.69, 9.17) is 4.74 Å². The highest BCUT2D eigenvalue weighted by Gasteiger charge is 2.45. The lowest BCUT2D eigenvalue weighted by Gasteiger charge is -2.33. The zero-order valence-electron chi connectivity index (χ0n) is 15.9. The number of ether oxygens (including phenoxy) is 1. The minimum Gasteiger partial charge on any atom is -0.448 e. The van der Waals surface area contributed by atoms with Gasteiger partial charge in [-0.15, -0.1) is 0 Å². The first-order chi connectivity index (χ1) is 12.3. The Bertz CT molecular complexity index is 660. The maximum Gasteiger partial charge on any atom is 0.428 e. The molecule has 1 aromatic heterocycles. The van der Waals surface area contributed by atoms with Crippen molar-refractivity contribution in [1.29, 1.82) is 0 Å². The van der Waals surface area contributed by atoms with Gasteiger partial charge in [0.25, 0.3) is 0 Å². The highest BCUT2D eigenvalue weighted by Crippen LogP contribution is 2.34. The van der Waals surface area contributed by atoms with Gasteiger partial charge in [-0.1, -0.05) is 33.8 Å². The van der Waals surface area contributed by atoms with Gasteiger partial charge in [0.15, 0.2) is 0 Å². The molecule has 1 atom stereocenters. The van der Waals surface area contributed by atoms with E-state index in [-0.39, 0.29) is 6.61 Å². The summed E-state index contributed by atoms with van der Waals surface area (Å²) in [4.78, 5) is 42.3. The van der Waals surface area contributed by atoms with Crippen LogP contribution in [0.3, 0.4) is 0 Å². The second kappa shape index (κ2) is 8.29. The topological polar surface area (TPSA) is 79.8 Å². The molecule has 0 aliphatic carbocycles. The van der Waals surface area contributed by atoms with Crippen LogP contribution in [0.15, 0.2) is 24.5 Å². The van der Waals surface area contributed by atoms with E-state index in [2.05, 4.69) is 4.98 Å².